The van der Waals surface area contributed by atoms with E-state index in [-0.39, 0.29) is 5.03 Å². The summed E-state index contributed by atoms with van der Waals surface area (Å²) >= 11 is 2.04. The third kappa shape index (κ3) is 2.16. The first-order valence-electron chi connectivity index (χ1n) is 4.42. The predicted molar refractivity (Wildman–Crippen MR) is 63.6 cm³/mol. The van der Waals surface area contributed by atoms with Crippen LogP contribution in [0.3, 0.4) is 0 Å². The van der Waals surface area contributed by atoms with Gasteiger partial charge >= 0.3 is 0 Å². The van der Waals surface area contributed by atoms with Crippen molar-refractivity contribution in [2.24, 2.45) is 0 Å². The molecule has 0 bridgehead atoms. The summed E-state index contributed by atoms with van der Waals surface area (Å²) in [6, 6.07) is 1.86. The fourth-order valence-corrected chi connectivity index (χ4v) is 4.08. The number of rotatable bonds is 2. The maximum atomic E-state index is 11.4. The van der Waals surface area contributed by atoms with E-state index in [4.69, 9.17) is 4.74 Å². The van der Waals surface area contributed by atoms with Crippen molar-refractivity contribution in [1.29, 1.82) is 0 Å². The Kier molecular flexibility index (Phi) is 3.00. The van der Waals surface area contributed by atoms with Gasteiger partial charge in [-0.3, -0.25) is 0 Å². The second-order valence-corrected chi connectivity index (χ2v) is 6.54. The highest BCUT2D eigenvalue weighted by molar-refractivity contribution is 14.1. The lowest BCUT2D eigenvalue weighted by Gasteiger charge is -2.27. The molecule has 4 nitrogen and oxygen atoms in total. The third-order valence-electron chi connectivity index (χ3n) is 2.32. The molecule has 0 radical (unpaired) electrons. The van der Waals surface area contributed by atoms with Crippen LogP contribution in [0, 0.1) is 3.57 Å². The van der Waals surface area contributed by atoms with Gasteiger partial charge in [0.15, 0.2) is 14.9 Å². The van der Waals surface area contributed by atoms with Crippen molar-refractivity contribution in [3.8, 4) is 0 Å². The summed E-state index contributed by atoms with van der Waals surface area (Å²) in [6.45, 7) is 1.34. The molecule has 15 heavy (non-hydrogen) atoms. The molecule has 1 fully saturated rings. The zero-order valence-corrected chi connectivity index (χ0v) is 11.1. The minimum atomic E-state index is -3.23. The molecular formula is C9H10INO3S. The first-order valence-corrected chi connectivity index (χ1v) is 7.39. The molecular weight excluding hydrogens is 329 g/mol. The lowest BCUT2D eigenvalue weighted by Crippen LogP contribution is -2.26. The minimum Gasteiger partial charge on any atom is -0.380 e. The van der Waals surface area contributed by atoms with E-state index < -0.39 is 9.84 Å². The first kappa shape index (κ1) is 11.3. The SMILES string of the molecule is CS(=O)(=O)c1nccc(C2COC2)c1I. The Morgan fingerprint density at radius 1 is 1.53 bits per heavy atom. The molecule has 0 spiro atoms. The Labute approximate surface area is 102 Å². The summed E-state index contributed by atoms with van der Waals surface area (Å²) in [7, 11) is -3.23. The van der Waals surface area contributed by atoms with Crippen LogP contribution in [0.4, 0.5) is 0 Å². The molecule has 0 aliphatic carbocycles. The molecule has 1 aromatic heterocycles. The number of aromatic nitrogens is 1. The number of halogens is 1. The smallest absolute Gasteiger partial charge is 0.193 e. The molecule has 0 amide bonds. The van der Waals surface area contributed by atoms with Crippen molar-refractivity contribution in [2.45, 2.75) is 10.9 Å². The van der Waals surface area contributed by atoms with Gasteiger partial charge in [0.2, 0.25) is 0 Å². The van der Waals surface area contributed by atoms with E-state index in [0.29, 0.717) is 19.1 Å². The van der Waals surface area contributed by atoms with E-state index in [0.717, 1.165) is 9.13 Å². The van der Waals surface area contributed by atoms with Crippen molar-refractivity contribution in [1.82, 2.24) is 4.98 Å². The average Bonchev–Trinajstić information content (AvgIpc) is 2.03. The molecule has 0 unspecified atom stereocenters. The molecule has 0 aromatic carbocycles. The number of hydrogen-bond acceptors (Lipinski definition) is 4. The van der Waals surface area contributed by atoms with Crippen molar-refractivity contribution in [2.75, 3.05) is 19.5 Å². The Balaban J connectivity index is 2.50. The molecule has 1 aliphatic heterocycles. The second-order valence-electron chi connectivity index (χ2n) is 3.53. The summed E-state index contributed by atoms with van der Waals surface area (Å²) < 4.78 is 28.7. The fraction of sp³-hybridized carbons (Fsp3) is 0.444. The molecule has 82 valence electrons. The van der Waals surface area contributed by atoms with Crippen LogP contribution < -0.4 is 0 Å². The highest BCUT2D eigenvalue weighted by Gasteiger charge is 2.26. The van der Waals surface area contributed by atoms with Crippen LogP contribution in [0.2, 0.25) is 0 Å². The van der Waals surface area contributed by atoms with Gasteiger partial charge in [0, 0.05) is 18.4 Å². The molecule has 0 N–H and O–H groups in total. The van der Waals surface area contributed by atoms with Crippen LogP contribution >= 0.6 is 22.6 Å². The lowest BCUT2D eigenvalue weighted by atomic mass is 9.99. The van der Waals surface area contributed by atoms with E-state index in [1.165, 1.54) is 6.26 Å². The molecule has 1 saturated heterocycles. The van der Waals surface area contributed by atoms with Crippen LogP contribution in [0.15, 0.2) is 17.3 Å². The largest absolute Gasteiger partial charge is 0.380 e. The number of nitrogens with zero attached hydrogens (tertiary/aromatic N) is 1. The van der Waals surface area contributed by atoms with Crippen molar-refractivity contribution >= 4 is 32.4 Å². The summed E-state index contributed by atoms with van der Waals surface area (Å²) in [5.74, 6) is 0.320. The van der Waals surface area contributed by atoms with Gasteiger partial charge in [-0.1, -0.05) is 0 Å². The molecule has 1 aliphatic rings. The molecule has 6 heteroatoms. The second kappa shape index (κ2) is 3.99. The Bertz CT molecular complexity index is 482. The topological polar surface area (TPSA) is 56.3 Å². The van der Waals surface area contributed by atoms with Gasteiger partial charge in [-0.2, -0.15) is 0 Å². The van der Waals surface area contributed by atoms with E-state index >= 15 is 0 Å². The van der Waals surface area contributed by atoms with Crippen molar-refractivity contribution in [3.05, 3.63) is 21.4 Å². The molecule has 0 saturated carbocycles. The van der Waals surface area contributed by atoms with Crippen molar-refractivity contribution in [3.63, 3.8) is 0 Å². The van der Waals surface area contributed by atoms with Crippen LogP contribution in [-0.4, -0.2) is 32.9 Å². The zero-order chi connectivity index (χ0) is 11.1. The highest BCUT2D eigenvalue weighted by atomic mass is 127. The summed E-state index contributed by atoms with van der Waals surface area (Å²) in [5.41, 5.74) is 1.03. The predicted octanol–water partition coefficient (Wildman–Crippen LogP) is 1.20. The Hall–Kier alpha value is -0.210. The molecule has 0 atom stereocenters. The van der Waals surface area contributed by atoms with Gasteiger partial charge in [0.1, 0.15) is 0 Å². The quantitative estimate of drug-likeness (QED) is 0.760. The van der Waals surface area contributed by atoms with Gasteiger partial charge < -0.3 is 4.74 Å². The van der Waals surface area contributed by atoms with E-state index in [1.807, 2.05) is 28.7 Å². The number of ether oxygens (including phenoxy) is 1. The summed E-state index contributed by atoms with van der Waals surface area (Å²) in [5, 5.41) is 0.174. The standard InChI is InChI=1S/C9H10INO3S/c1-15(12,13)9-8(10)7(2-3-11-9)6-4-14-5-6/h2-3,6H,4-5H2,1H3. The lowest BCUT2D eigenvalue weighted by molar-refractivity contribution is 0.00794. The maximum Gasteiger partial charge on any atom is 0.193 e. The van der Waals surface area contributed by atoms with Gasteiger partial charge in [-0.15, -0.1) is 0 Å². The van der Waals surface area contributed by atoms with Gasteiger partial charge in [-0.25, -0.2) is 13.4 Å². The Morgan fingerprint density at radius 2 is 2.20 bits per heavy atom. The summed E-state index contributed by atoms with van der Waals surface area (Å²) in [6.07, 6.45) is 2.73. The van der Waals surface area contributed by atoms with Gasteiger partial charge in [0.05, 0.1) is 16.8 Å². The van der Waals surface area contributed by atoms with Crippen LogP contribution in [0.5, 0.6) is 0 Å². The summed E-state index contributed by atoms with van der Waals surface area (Å²) in [4.78, 5) is 3.91. The maximum absolute atomic E-state index is 11.4. The fourth-order valence-electron chi connectivity index (χ4n) is 1.43. The highest BCUT2D eigenvalue weighted by Crippen LogP contribution is 2.30. The van der Waals surface area contributed by atoms with E-state index in [2.05, 4.69) is 4.98 Å². The zero-order valence-electron chi connectivity index (χ0n) is 8.10. The third-order valence-corrected chi connectivity index (χ3v) is 4.83. The van der Waals surface area contributed by atoms with Crippen LogP contribution in [-0.2, 0) is 14.6 Å². The molecule has 2 rings (SSSR count). The first-order chi connectivity index (χ1) is 7.00. The minimum absolute atomic E-state index is 0.174. The van der Waals surface area contributed by atoms with E-state index in [1.54, 1.807) is 6.20 Å². The number of hydrogen-bond donors (Lipinski definition) is 0. The average molecular weight is 339 g/mol. The number of pyridine rings is 1. The number of sulfone groups is 1. The Morgan fingerprint density at radius 3 is 2.67 bits per heavy atom. The van der Waals surface area contributed by atoms with Crippen LogP contribution in [0.1, 0.15) is 11.5 Å². The molecule has 1 aromatic rings. The van der Waals surface area contributed by atoms with E-state index in [9.17, 15) is 8.42 Å². The van der Waals surface area contributed by atoms with Gasteiger partial charge in [-0.05, 0) is 34.2 Å². The monoisotopic (exact) mass is 339 g/mol. The van der Waals surface area contributed by atoms with Crippen molar-refractivity contribution < 1.29 is 13.2 Å². The van der Waals surface area contributed by atoms with Gasteiger partial charge in [0.25, 0.3) is 0 Å². The normalized spacial score (nSPS) is 17.5. The molecule has 2 heterocycles. The van der Waals surface area contributed by atoms with Crippen LogP contribution in [0.25, 0.3) is 0 Å².